The minimum atomic E-state index is -0.475. The van der Waals surface area contributed by atoms with Gasteiger partial charge in [-0.2, -0.15) is 10.2 Å². The zero-order chi connectivity index (χ0) is 23.8. The van der Waals surface area contributed by atoms with Crippen molar-refractivity contribution in [2.45, 2.75) is 6.54 Å². The molecule has 1 amide bonds. The standard InChI is InChI=1S/C29H20N4O2/c34-28(31-30-26-22-14-6-4-12-20(22)21-13-5-7-15-23(21)26)27-24-16-8-9-17-25(24)29(35)33(32-27)18-19-10-2-1-3-11-19/h1-17H,18H2,(H,31,34). The van der Waals surface area contributed by atoms with Crippen LogP contribution in [0.1, 0.15) is 27.2 Å². The Morgan fingerprint density at radius 3 is 1.91 bits per heavy atom. The average molecular weight is 457 g/mol. The number of nitrogens with zero attached hydrogens (tertiary/aromatic N) is 3. The van der Waals surface area contributed by atoms with E-state index in [-0.39, 0.29) is 17.8 Å². The van der Waals surface area contributed by atoms with Gasteiger partial charge in [-0.25, -0.2) is 10.1 Å². The number of amides is 1. The number of benzene rings is 4. The molecule has 1 aliphatic rings. The van der Waals surface area contributed by atoms with E-state index < -0.39 is 5.91 Å². The van der Waals surface area contributed by atoms with Crippen molar-refractivity contribution >= 4 is 22.4 Å². The van der Waals surface area contributed by atoms with Gasteiger partial charge in [0, 0.05) is 16.5 Å². The third-order valence-corrected chi connectivity index (χ3v) is 6.18. The van der Waals surface area contributed by atoms with Crippen LogP contribution in [0, 0.1) is 0 Å². The molecule has 0 fully saturated rings. The number of carbonyl (C=O) groups is 1. The Morgan fingerprint density at radius 2 is 1.26 bits per heavy atom. The van der Waals surface area contributed by atoms with E-state index >= 15 is 0 Å². The first-order valence-corrected chi connectivity index (χ1v) is 11.3. The van der Waals surface area contributed by atoms with Crippen molar-refractivity contribution in [3.8, 4) is 11.1 Å². The highest BCUT2D eigenvalue weighted by atomic mass is 16.2. The molecule has 0 saturated heterocycles. The summed E-state index contributed by atoms with van der Waals surface area (Å²) in [6.07, 6.45) is 0. The highest BCUT2D eigenvalue weighted by Crippen LogP contribution is 2.36. The van der Waals surface area contributed by atoms with Crippen LogP contribution in [0.5, 0.6) is 0 Å². The molecule has 1 aliphatic carbocycles. The lowest BCUT2D eigenvalue weighted by Gasteiger charge is -2.11. The van der Waals surface area contributed by atoms with Crippen molar-refractivity contribution in [3.05, 3.63) is 136 Å². The van der Waals surface area contributed by atoms with Crippen LogP contribution in [-0.2, 0) is 6.54 Å². The third-order valence-electron chi connectivity index (χ3n) is 6.18. The largest absolute Gasteiger partial charge is 0.292 e. The lowest BCUT2D eigenvalue weighted by atomic mass is 10.1. The van der Waals surface area contributed by atoms with Gasteiger partial charge >= 0.3 is 0 Å². The molecule has 6 nitrogen and oxygen atoms in total. The fourth-order valence-corrected chi connectivity index (χ4v) is 4.54. The molecule has 0 radical (unpaired) electrons. The molecule has 1 aromatic heterocycles. The van der Waals surface area contributed by atoms with Gasteiger partial charge in [0.15, 0.2) is 5.69 Å². The van der Waals surface area contributed by atoms with E-state index in [1.165, 1.54) is 4.68 Å². The summed E-state index contributed by atoms with van der Waals surface area (Å²) in [7, 11) is 0. The molecule has 168 valence electrons. The SMILES string of the molecule is O=C(NN=C1c2ccccc2-c2ccccc21)c1nn(Cc2ccccc2)c(=O)c2ccccc12. The summed E-state index contributed by atoms with van der Waals surface area (Å²) in [5.74, 6) is -0.475. The Labute approximate surface area is 201 Å². The quantitative estimate of drug-likeness (QED) is 0.394. The first kappa shape index (κ1) is 20.7. The number of hydrazone groups is 1. The summed E-state index contributed by atoms with van der Waals surface area (Å²) in [5, 5.41) is 9.90. The molecule has 0 saturated carbocycles. The number of hydrogen-bond donors (Lipinski definition) is 1. The second kappa shape index (κ2) is 8.50. The van der Waals surface area contributed by atoms with Gasteiger partial charge in [-0.05, 0) is 22.8 Å². The molecule has 1 heterocycles. The highest BCUT2D eigenvalue weighted by molar-refractivity contribution is 6.24. The van der Waals surface area contributed by atoms with E-state index in [2.05, 4.69) is 15.6 Å². The van der Waals surface area contributed by atoms with Gasteiger partial charge < -0.3 is 0 Å². The minimum Gasteiger partial charge on any atom is -0.267 e. The van der Waals surface area contributed by atoms with Crippen LogP contribution < -0.4 is 11.0 Å². The second-order valence-corrected chi connectivity index (χ2v) is 8.34. The summed E-state index contributed by atoms with van der Waals surface area (Å²) >= 11 is 0. The fourth-order valence-electron chi connectivity index (χ4n) is 4.54. The first-order valence-electron chi connectivity index (χ1n) is 11.3. The zero-order valence-electron chi connectivity index (χ0n) is 18.7. The molecule has 6 rings (SSSR count). The number of fused-ring (bicyclic) bond motifs is 4. The van der Waals surface area contributed by atoms with Gasteiger partial charge in [0.25, 0.3) is 11.5 Å². The highest BCUT2D eigenvalue weighted by Gasteiger charge is 2.25. The van der Waals surface area contributed by atoms with Crippen molar-refractivity contribution in [3.63, 3.8) is 0 Å². The molecular weight excluding hydrogens is 436 g/mol. The van der Waals surface area contributed by atoms with Gasteiger partial charge in [-0.15, -0.1) is 0 Å². The molecule has 4 aromatic carbocycles. The lowest BCUT2D eigenvalue weighted by molar-refractivity contribution is 0.0949. The monoisotopic (exact) mass is 456 g/mol. The van der Waals surface area contributed by atoms with E-state index in [1.54, 1.807) is 24.3 Å². The molecular formula is C29H20N4O2. The molecule has 1 N–H and O–H groups in total. The zero-order valence-corrected chi connectivity index (χ0v) is 18.7. The molecule has 0 spiro atoms. The maximum Gasteiger partial charge on any atom is 0.292 e. The third kappa shape index (κ3) is 3.61. The Bertz CT molecular complexity index is 1640. The van der Waals surface area contributed by atoms with E-state index in [9.17, 15) is 9.59 Å². The normalized spacial score (nSPS) is 11.7. The maximum absolute atomic E-state index is 13.4. The van der Waals surface area contributed by atoms with Gasteiger partial charge in [0.1, 0.15) is 0 Å². The maximum atomic E-state index is 13.4. The van der Waals surface area contributed by atoms with E-state index in [4.69, 9.17) is 0 Å². The summed E-state index contributed by atoms with van der Waals surface area (Å²) in [5.41, 5.74) is 8.30. The van der Waals surface area contributed by atoms with Gasteiger partial charge in [0.05, 0.1) is 17.6 Å². The topological polar surface area (TPSA) is 76.3 Å². The predicted octanol–water partition coefficient (Wildman–Crippen LogP) is 4.61. The summed E-state index contributed by atoms with van der Waals surface area (Å²) in [6, 6.07) is 32.6. The Balaban J connectivity index is 1.41. The number of carbonyl (C=O) groups excluding carboxylic acids is 1. The lowest BCUT2D eigenvalue weighted by Crippen LogP contribution is -2.29. The second-order valence-electron chi connectivity index (χ2n) is 8.34. The molecule has 0 atom stereocenters. The van der Waals surface area contributed by atoms with Gasteiger partial charge in [0.2, 0.25) is 0 Å². The van der Waals surface area contributed by atoms with E-state index in [1.807, 2.05) is 78.9 Å². The fraction of sp³-hybridized carbons (Fsp3) is 0.0345. The number of rotatable bonds is 4. The first-order chi connectivity index (χ1) is 17.2. The molecule has 0 unspecified atom stereocenters. The smallest absolute Gasteiger partial charge is 0.267 e. The molecule has 6 heteroatoms. The summed E-state index contributed by atoms with van der Waals surface area (Å²) < 4.78 is 1.33. The Hall–Kier alpha value is -4.84. The minimum absolute atomic E-state index is 0.153. The van der Waals surface area contributed by atoms with Gasteiger partial charge in [-0.3, -0.25) is 9.59 Å². The van der Waals surface area contributed by atoms with Gasteiger partial charge in [-0.1, -0.05) is 97.1 Å². The van der Waals surface area contributed by atoms with Crippen molar-refractivity contribution in [2.75, 3.05) is 0 Å². The number of aromatic nitrogens is 2. The van der Waals surface area contributed by atoms with Crippen LogP contribution in [0.3, 0.4) is 0 Å². The summed E-state index contributed by atoms with van der Waals surface area (Å²) in [4.78, 5) is 26.4. The average Bonchev–Trinajstić information content (AvgIpc) is 3.23. The molecule has 0 aliphatic heterocycles. The van der Waals surface area contributed by atoms with Crippen molar-refractivity contribution in [2.24, 2.45) is 5.10 Å². The van der Waals surface area contributed by atoms with Crippen LogP contribution in [0.2, 0.25) is 0 Å². The predicted molar refractivity (Wildman–Crippen MR) is 137 cm³/mol. The number of hydrogen-bond acceptors (Lipinski definition) is 4. The van der Waals surface area contributed by atoms with Crippen LogP contribution in [-0.4, -0.2) is 21.4 Å². The van der Waals surface area contributed by atoms with Crippen molar-refractivity contribution in [1.29, 1.82) is 0 Å². The summed E-state index contributed by atoms with van der Waals surface area (Å²) in [6.45, 7) is 0.264. The molecule has 0 bridgehead atoms. The van der Waals surface area contributed by atoms with E-state index in [0.29, 0.717) is 16.5 Å². The number of nitrogens with one attached hydrogen (secondary N) is 1. The molecule has 5 aromatic rings. The van der Waals surface area contributed by atoms with Crippen LogP contribution in [0.25, 0.3) is 21.9 Å². The Morgan fingerprint density at radius 1 is 0.714 bits per heavy atom. The Kier molecular flexibility index (Phi) is 5.04. The van der Waals surface area contributed by atoms with Crippen LogP contribution in [0.15, 0.2) is 113 Å². The molecule has 35 heavy (non-hydrogen) atoms. The van der Waals surface area contributed by atoms with Crippen molar-refractivity contribution in [1.82, 2.24) is 15.2 Å². The van der Waals surface area contributed by atoms with Crippen molar-refractivity contribution < 1.29 is 4.79 Å². The van der Waals surface area contributed by atoms with E-state index in [0.717, 1.165) is 27.8 Å². The van der Waals surface area contributed by atoms with Crippen LogP contribution in [0.4, 0.5) is 0 Å². The van der Waals surface area contributed by atoms with Crippen LogP contribution >= 0.6 is 0 Å².